The maximum Gasteiger partial charge on any atom is 0.431 e. The van der Waals surface area contributed by atoms with E-state index < -0.39 is 29.3 Å². The second-order valence-electron chi connectivity index (χ2n) is 3.84. The molecule has 17 heavy (non-hydrogen) atoms. The van der Waals surface area contributed by atoms with Crippen molar-refractivity contribution in [1.82, 2.24) is 4.57 Å². The van der Waals surface area contributed by atoms with Crippen LogP contribution in [0.4, 0.5) is 13.2 Å². The summed E-state index contributed by atoms with van der Waals surface area (Å²) in [5.41, 5.74) is -2.08. The number of rotatable bonds is 1. The van der Waals surface area contributed by atoms with Gasteiger partial charge in [0.2, 0.25) is 0 Å². The molecule has 0 fully saturated rings. The largest absolute Gasteiger partial charge is 0.477 e. The lowest BCUT2D eigenvalue weighted by Gasteiger charge is -2.10. The Morgan fingerprint density at radius 2 is 1.94 bits per heavy atom. The molecule has 7 heteroatoms. The highest BCUT2D eigenvalue weighted by molar-refractivity contribution is 6.09. The summed E-state index contributed by atoms with van der Waals surface area (Å²) in [4.78, 5) is 22.4. The fourth-order valence-corrected chi connectivity index (χ4v) is 2.26. The van der Waals surface area contributed by atoms with Crippen LogP contribution in [0.15, 0.2) is 0 Å². The van der Waals surface area contributed by atoms with Crippen LogP contribution in [0.2, 0.25) is 0 Å². The van der Waals surface area contributed by atoms with Gasteiger partial charge >= 0.3 is 12.1 Å². The second kappa shape index (κ2) is 3.35. The Morgan fingerprint density at radius 3 is 2.41 bits per heavy atom. The van der Waals surface area contributed by atoms with E-state index in [4.69, 9.17) is 5.11 Å². The predicted octanol–water partition coefficient (Wildman–Crippen LogP) is 1.87. The maximum atomic E-state index is 12.8. The summed E-state index contributed by atoms with van der Waals surface area (Å²) in [6.07, 6.45) is -4.77. The van der Waals surface area contributed by atoms with Gasteiger partial charge in [0, 0.05) is 13.5 Å². The third-order valence-electron chi connectivity index (χ3n) is 2.85. The molecule has 1 aromatic heterocycles. The first-order valence-electron chi connectivity index (χ1n) is 4.80. The smallest absolute Gasteiger partial charge is 0.431 e. The maximum absolute atomic E-state index is 12.8. The molecule has 0 unspecified atom stereocenters. The minimum atomic E-state index is -4.66. The van der Waals surface area contributed by atoms with Crippen LogP contribution in [-0.2, 0) is 19.6 Å². The van der Waals surface area contributed by atoms with Crippen molar-refractivity contribution in [2.45, 2.75) is 19.0 Å². The van der Waals surface area contributed by atoms with Crippen LogP contribution in [0, 0.1) is 0 Å². The molecule has 0 amide bonds. The van der Waals surface area contributed by atoms with Gasteiger partial charge in [0.25, 0.3) is 0 Å². The van der Waals surface area contributed by atoms with Crippen molar-refractivity contribution in [3.63, 3.8) is 0 Å². The van der Waals surface area contributed by atoms with Gasteiger partial charge in [-0.15, -0.1) is 0 Å². The lowest BCUT2D eigenvalue weighted by molar-refractivity contribution is -0.143. The number of aromatic nitrogens is 1. The number of hydrogen-bond donors (Lipinski definition) is 1. The highest BCUT2D eigenvalue weighted by Gasteiger charge is 2.44. The third kappa shape index (κ3) is 1.53. The van der Waals surface area contributed by atoms with Gasteiger partial charge in [-0.3, -0.25) is 4.79 Å². The van der Waals surface area contributed by atoms with Gasteiger partial charge in [-0.25, -0.2) is 4.79 Å². The molecule has 0 aromatic carbocycles. The monoisotopic (exact) mass is 247 g/mol. The summed E-state index contributed by atoms with van der Waals surface area (Å²) >= 11 is 0. The number of aromatic carboxylic acids is 1. The Bertz CT molecular complexity index is 528. The zero-order valence-corrected chi connectivity index (χ0v) is 8.76. The van der Waals surface area contributed by atoms with Gasteiger partial charge in [0.1, 0.15) is 11.4 Å². The third-order valence-corrected chi connectivity index (χ3v) is 2.85. The average Bonchev–Trinajstić information content (AvgIpc) is 2.62. The lowest BCUT2D eigenvalue weighted by atomic mass is 10.1. The summed E-state index contributed by atoms with van der Waals surface area (Å²) < 4.78 is 38.9. The molecule has 0 spiro atoms. The van der Waals surface area contributed by atoms with E-state index in [2.05, 4.69) is 0 Å². The minimum absolute atomic E-state index is 0.0515. The number of carbonyl (C=O) groups excluding carboxylic acids is 1. The van der Waals surface area contributed by atoms with E-state index in [0.717, 1.165) is 7.05 Å². The van der Waals surface area contributed by atoms with Gasteiger partial charge < -0.3 is 9.67 Å². The predicted molar refractivity (Wildman–Crippen MR) is 50.0 cm³/mol. The van der Waals surface area contributed by atoms with Gasteiger partial charge in [-0.05, 0) is 12.0 Å². The van der Waals surface area contributed by atoms with Gasteiger partial charge in [-0.2, -0.15) is 13.2 Å². The molecule has 1 aliphatic rings. The number of fused-ring (bicyclic) bond motifs is 1. The molecule has 2 rings (SSSR count). The fraction of sp³-hybridized carbons (Fsp3) is 0.400. The molecule has 0 atom stereocenters. The molecule has 0 aliphatic heterocycles. The summed E-state index contributed by atoms with van der Waals surface area (Å²) in [7, 11) is 1.01. The van der Waals surface area contributed by atoms with Crippen molar-refractivity contribution < 1.29 is 27.9 Å². The van der Waals surface area contributed by atoms with E-state index >= 15 is 0 Å². The van der Waals surface area contributed by atoms with Crippen molar-refractivity contribution in [1.29, 1.82) is 0 Å². The van der Waals surface area contributed by atoms with Gasteiger partial charge in [0.05, 0.1) is 5.56 Å². The van der Waals surface area contributed by atoms with E-state index in [0.29, 0.717) is 4.57 Å². The van der Waals surface area contributed by atoms with Crippen molar-refractivity contribution >= 4 is 11.8 Å². The SMILES string of the molecule is Cn1c(C(=O)O)c2c(c1C(F)(F)F)CCC2=O. The summed E-state index contributed by atoms with van der Waals surface area (Å²) in [6.45, 7) is 0. The van der Waals surface area contributed by atoms with Crippen molar-refractivity contribution in [2.24, 2.45) is 7.05 Å². The molecule has 4 nitrogen and oxygen atoms in total. The molecular formula is C10H8F3NO3. The highest BCUT2D eigenvalue weighted by Crippen LogP contribution is 2.40. The number of carboxylic acid groups (broad SMARTS) is 1. The Labute approximate surface area is 93.6 Å². The van der Waals surface area contributed by atoms with Crippen molar-refractivity contribution in [3.8, 4) is 0 Å². The number of nitrogens with zero attached hydrogens (tertiary/aromatic N) is 1. The minimum Gasteiger partial charge on any atom is -0.477 e. The van der Waals surface area contributed by atoms with E-state index in [-0.39, 0.29) is 24.0 Å². The van der Waals surface area contributed by atoms with E-state index in [1.54, 1.807) is 0 Å². The van der Waals surface area contributed by atoms with Crippen molar-refractivity contribution in [2.75, 3.05) is 0 Å². The molecule has 0 radical (unpaired) electrons. The Hall–Kier alpha value is -1.79. The Kier molecular flexibility index (Phi) is 2.30. The molecule has 1 aliphatic carbocycles. The molecule has 1 N–H and O–H groups in total. The number of halogens is 3. The first-order valence-corrected chi connectivity index (χ1v) is 4.80. The van der Waals surface area contributed by atoms with E-state index in [1.165, 1.54) is 0 Å². The molecule has 1 heterocycles. The van der Waals surface area contributed by atoms with Crippen LogP contribution >= 0.6 is 0 Å². The molecule has 0 bridgehead atoms. The standard InChI is InChI=1S/C10H8F3NO3/c1-14-7(9(16)17)6-4(2-3-5(6)15)8(14)10(11,12)13/h2-3H2,1H3,(H,16,17). The summed E-state index contributed by atoms with van der Waals surface area (Å²) in [5, 5.41) is 8.89. The van der Waals surface area contributed by atoms with E-state index in [9.17, 15) is 22.8 Å². The zero-order chi connectivity index (χ0) is 13.0. The van der Waals surface area contributed by atoms with Crippen molar-refractivity contribution in [3.05, 3.63) is 22.5 Å². The molecule has 0 saturated heterocycles. The number of hydrogen-bond acceptors (Lipinski definition) is 2. The van der Waals surface area contributed by atoms with Gasteiger partial charge in [0.15, 0.2) is 5.78 Å². The van der Waals surface area contributed by atoms with Crippen LogP contribution in [0.1, 0.15) is 38.5 Å². The Morgan fingerprint density at radius 1 is 1.35 bits per heavy atom. The normalized spacial score (nSPS) is 15.2. The molecule has 0 saturated carbocycles. The summed E-state index contributed by atoms with van der Waals surface area (Å²) in [5.74, 6) is -2.06. The number of ketones is 1. The van der Waals surface area contributed by atoms with E-state index in [1.807, 2.05) is 0 Å². The first kappa shape index (κ1) is 11.7. The van der Waals surface area contributed by atoms with Crippen LogP contribution in [0.3, 0.4) is 0 Å². The molecule has 1 aromatic rings. The second-order valence-corrected chi connectivity index (χ2v) is 3.84. The van der Waals surface area contributed by atoms with Crippen LogP contribution < -0.4 is 0 Å². The van der Waals surface area contributed by atoms with Crippen LogP contribution in [0.5, 0.6) is 0 Å². The quantitative estimate of drug-likeness (QED) is 0.824. The highest BCUT2D eigenvalue weighted by atomic mass is 19.4. The fourth-order valence-electron chi connectivity index (χ4n) is 2.26. The van der Waals surface area contributed by atoms with Crippen LogP contribution in [-0.4, -0.2) is 21.4 Å². The number of carbonyl (C=O) groups is 2. The summed E-state index contributed by atoms with van der Waals surface area (Å²) in [6, 6.07) is 0. The number of alkyl halides is 3. The number of Topliss-reactive ketones (excluding diaryl/α,β-unsaturated/α-hetero) is 1. The van der Waals surface area contributed by atoms with Crippen LogP contribution in [0.25, 0.3) is 0 Å². The lowest BCUT2D eigenvalue weighted by Crippen LogP contribution is -2.17. The average molecular weight is 247 g/mol. The first-order chi connectivity index (χ1) is 7.75. The molecular weight excluding hydrogens is 239 g/mol. The Balaban J connectivity index is 2.81. The molecule has 92 valence electrons. The number of carboxylic acids is 1. The topological polar surface area (TPSA) is 59.3 Å². The zero-order valence-electron chi connectivity index (χ0n) is 8.76. The van der Waals surface area contributed by atoms with Gasteiger partial charge in [-0.1, -0.05) is 0 Å².